The zero-order chi connectivity index (χ0) is 45.9. The molecule has 0 aliphatic carbocycles. The molecule has 5 aromatic rings. The summed E-state index contributed by atoms with van der Waals surface area (Å²) in [5.74, 6) is -3.13. The van der Waals surface area contributed by atoms with Crippen LogP contribution in [0.2, 0.25) is 0 Å². The van der Waals surface area contributed by atoms with Gasteiger partial charge in [-0.15, -0.1) is 5.10 Å². The maximum absolute atomic E-state index is 13.6. The molecule has 2 heterocycles. The van der Waals surface area contributed by atoms with Gasteiger partial charge >= 0.3 is 118 Å². The van der Waals surface area contributed by atoms with Crippen LogP contribution >= 0.6 is 0 Å². The van der Waals surface area contributed by atoms with Gasteiger partial charge in [0, 0.05) is 0 Å². The second-order valence-corrected chi connectivity index (χ2v) is 17.9. The Morgan fingerprint density at radius 1 is 0.687 bits per heavy atom. The van der Waals surface area contributed by atoms with Crippen molar-refractivity contribution in [3.8, 4) is 11.6 Å². The number of benzene rings is 4. The first-order valence-corrected chi connectivity index (χ1v) is 22.7. The van der Waals surface area contributed by atoms with E-state index in [0.717, 1.165) is 15.8 Å². The Bertz CT molecular complexity index is 3300. The Hall–Kier alpha value is -3.17. The largest absolute Gasteiger partial charge is 1.00 e. The summed E-state index contributed by atoms with van der Waals surface area (Å²) in [5.41, 5.74) is -2.32. The molecule has 0 atom stereocenters. The molecule has 0 bridgehead atoms. The molecule has 0 saturated heterocycles. The molecule has 1 aliphatic rings. The average Bonchev–Trinajstić information content (AvgIpc) is 3.71. The molecular formula is C37H24N6Na4O16S4. The Kier molecular flexibility index (Phi) is 22.0. The Morgan fingerprint density at radius 3 is 1.78 bits per heavy atom. The van der Waals surface area contributed by atoms with E-state index in [9.17, 15) is 66.6 Å². The monoisotopic (exact) mass is 1030 g/mol. The number of allylic oxidation sites excluding steroid dienone is 4. The number of carbonyl (C=O) groups is 2. The molecule has 0 unspecified atom stereocenters. The third-order valence-electron chi connectivity index (χ3n) is 8.31. The van der Waals surface area contributed by atoms with Crippen LogP contribution in [0.1, 0.15) is 16.1 Å². The zero-order valence-corrected chi connectivity index (χ0v) is 46.4. The smallest absolute Gasteiger partial charge is 0.744 e. The van der Waals surface area contributed by atoms with Crippen molar-refractivity contribution in [3.63, 3.8) is 0 Å². The summed E-state index contributed by atoms with van der Waals surface area (Å²) in [6.07, 6.45) is 6.66. The molecule has 0 spiro atoms. The van der Waals surface area contributed by atoms with Gasteiger partial charge < -0.3 is 33.4 Å². The molecule has 4 aromatic carbocycles. The van der Waals surface area contributed by atoms with E-state index in [4.69, 9.17) is 4.74 Å². The molecule has 2 N–H and O–H groups in total. The number of hydrogen-bond donors (Lipinski definition) is 2. The summed E-state index contributed by atoms with van der Waals surface area (Å²) >= 11 is 0. The fraction of sp³-hybridized carbons (Fsp3) is 0. The quantitative estimate of drug-likeness (QED) is 0.0276. The number of hydrazone groups is 1. The number of aliphatic imine (C=N–C) groups is 1. The van der Waals surface area contributed by atoms with Crippen LogP contribution in [0.5, 0.6) is 5.88 Å². The van der Waals surface area contributed by atoms with Crippen molar-refractivity contribution < 1.29 is 190 Å². The third kappa shape index (κ3) is 14.9. The predicted octanol–water partition coefficient (Wildman–Crippen LogP) is -9.30. The number of rotatable bonds is 13. The van der Waals surface area contributed by atoms with Gasteiger partial charge in [-0.3, -0.25) is 9.59 Å². The summed E-state index contributed by atoms with van der Waals surface area (Å²) in [6, 6.07) is 18.9. The van der Waals surface area contributed by atoms with Gasteiger partial charge in [-0.2, -0.15) is 14.8 Å². The van der Waals surface area contributed by atoms with Crippen LogP contribution in [-0.4, -0.2) is 90.9 Å². The molecule has 0 saturated carbocycles. The molecule has 0 fully saturated rings. The Labute approximate surface area is 470 Å². The molecular weight excluding hydrogens is 1000 g/mol. The Morgan fingerprint density at radius 2 is 1.22 bits per heavy atom. The minimum Gasteiger partial charge on any atom is -0.744 e. The van der Waals surface area contributed by atoms with E-state index in [-0.39, 0.29) is 141 Å². The number of aromatic nitrogens is 2. The maximum atomic E-state index is 13.6. The van der Waals surface area contributed by atoms with Crippen LogP contribution in [0, 0.1) is 0 Å². The molecule has 67 heavy (non-hydrogen) atoms. The van der Waals surface area contributed by atoms with Crippen LogP contribution in [0.3, 0.4) is 0 Å². The van der Waals surface area contributed by atoms with E-state index < -0.39 is 101 Å². The van der Waals surface area contributed by atoms with Gasteiger partial charge in [-0.25, -0.2) is 38.7 Å². The van der Waals surface area contributed by atoms with Gasteiger partial charge in [-0.1, -0.05) is 54.6 Å². The van der Waals surface area contributed by atoms with E-state index >= 15 is 0 Å². The van der Waals surface area contributed by atoms with Crippen molar-refractivity contribution in [3.05, 3.63) is 138 Å². The van der Waals surface area contributed by atoms with Gasteiger partial charge in [0.15, 0.2) is 12.1 Å². The standard InChI is InChI=1S/C37H28N6O16S4.4Na/c44-34(39-30-21-26(61(50,51)52)17-19-32(30)63(56,57)58)33-27(36(45)42(40-33)23-10-4-1-5-11-23)14-8-3-9-15-28-35(41-43(37(28)46)24-12-6-2-7-13-24)59-22-38-29-20-25(60(47,48)49)16-18-31(29)62(53,54)55;;;;/h1-22,45H,(H,39,44)(H,47,48,49)(H,50,51,52)(H,53,54,55)(H,56,57,58);;;;/q;4*+1/p-4. The molecule has 6 rings (SSSR count). The fourth-order valence-electron chi connectivity index (χ4n) is 5.49. The summed E-state index contributed by atoms with van der Waals surface area (Å²) < 4.78 is 147. The average molecular weight is 1030 g/mol. The van der Waals surface area contributed by atoms with Crippen LogP contribution in [0.15, 0.2) is 157 Å². The molecule has 2 amide bonds. The number of ether oxygens (including phenoxy) is 1. The van der Waals surface area contributed by atoms with E-state index in [1.54, 1.807) is 36.4 Å². The van der Waals surface area contributed by atoms with Gasteiger partial charge in [0.2, 0.25) is 5.88 Å². The first kappa shape index (κ1) is 60.0. The third-order valence-corrected chi connectivity index (χ3v) is 11.7. The van der Waals surface area contributed by atoms with Crippen molar-refractivity contribution in [1.29, 1.82) is 0 Å². The zero-order valence-electron chi connectivity index (χ0n) is 35.1. The minimum absolute atomic E-state index is 0. The van der Waals surface area contributed by atoms with Crippen LogP contribution in [0.25, 0.3) is 11.8 Å². The van der Waals surface area contributed by atoms with Crippen LogP contribution < -0.4 is 129 Å². The van der Waals surface area contributed by atoms with E-state index in [2.05, 4.69) is 20.5 Å². The van der Waals surface area contributed by atoms with Gasteiger partial charge in [-0.05, 0) is 72.8 Å². The topological polar surface area (TPSA) is 350 Å². The van der Waals surface area contributed by atoms with Gasteiger partial charge in [0.25, 0.3) is 17.7 Å². The predicted molar refractivity (Wildman–Crippen MR) is 215 cm³/mol. The molecule has 0 radical (unpaired) electrons. The SMILES string of the molecule is O=C(Nc1cc(S(=O)(=O)[O-])ccc1S(=O)(=O)[O-])c1nn(-c2ccccc2)c(O)c1C=CC=CC=C1C(=O)N(c2ccccc2)N=C1OC=Nc1cc(S(=O)(=O)[O-])ccc1S(=O)(=O)[O-].[Na+].[Na+].[Na+].[Na+]. The van der Waals surface area contributed by atoms with Crippen molar-refractivity contribution in [2.45, 2.75) is 19.6 Å². The summed E-state index contributed by atoms with van der Waals surface area (Å²) in [5, 5.41) is 22.4. The van der Waals surface area contributed by atoms with E-state index in [1.807, 2.05) is 0 Å². The number of aromatic hydroxyl groups is 1. The second-order valence-electron chi connectivity index (χ2n) is 12.4. The van der Waals surface area contributed by atoms with Crippen LogP contribution in [0.4, 0.5) is 17.1 Å². The minimum atomic E-state index is -5.35. The number of nitrogens with zero attached hydrogens (tertiary/aromatic N) is 5. The molecule has 30 heteroatoms. The molecule has 326 valence electrons. The van der Waals surface area contributed by atoms with E-state index in [1.165, 1.54) is 48.6 Å². The first-order chi connectivity index (χ1) is 29.5. The fourth-order valence-corrected chi connectivity index (χ4v) is 7.69. The van der Waals surface area contributed by atoms with Crippen molar-refractivity contribution in [2.75, 3.05) is 10.3 Å². The van der Waals surface area contributed by atoms with Crippen LogP contribution in [-0.2, 0) is 50.0 Å². The Balaban J connectivity index is 0.00000385. The summed E-state index contributed by atoms with van der Waals surface area (Å²) in [6.45, 7) is 0. The van der Waals surface area contributed by atoms with Crippen molar-refractivity contribution in [1.82, 2.24) is 9.78 Å². The summed E-state index contributed by atoms with van der Waals surface area (Å²) in [4.78, 5) is 26.8. The number of para-hydroxylation sites is 2. The molecule has 22 nitrogen and oxygen atoms in total. The number of nitrogens with one attached hydrogen (secondary N) is 1. The van der Waals surface area contributed by atoms with Crippen molar-refractivity contribution in [2.24, 2.45) is 10.1 Å². The number of carbonyl (C=O) groups excluding carboxylic acids is 2. The number of hydrogen-bond acceptors (Lipinski definition) is 19. The first-order valence-electron chi connectivity index (χ1n) is 17.1. The number of anilines is 2. The molecule has 1 aromatic heterocycles. The van der Waals surface area contributed by atoms with E-state index in [0.29, 0.717) is 42.8 Å². The summed E-state index contributed by atoms with van der Waals surface area (Å²) in [7, 11) is -20.9. The maximum Gasteiger partial charge on any atom is 1.00 e. The van der Waals surface area contributed by atoms with Gasteiger partial charge in [0.05, 0.1) is 47.9 Å². The molecule has 1 aliphatic heterocycles. The normalized spacial score (nSPS) is 13.7. The van der Waals surface area contributed by atoms with Crippen molar-refractivity contribution >= 4 is 87.7 Å². The second kappa shape index (κ2) is 24.6. The number of amides is 2. The van der Waals surface area contributed by atoms with Gasteiger partial charge in [0.1, 0.15) is 46.0 Å².